The van der Waals surface area contributed by atoms with Crippen molar-refractivity contribution in [2.75, 3.05) is 0 Å². The van der Waals surface area contributed by atoms with Crippen LogP contribution in [-0.4, -0.2) is 11.8 Å². The summed E-state index contributed by atoms with van der Waals surface area (Å²) in [5.74, 6) is 0.461. The first kappa shape index (κ1) is 11.3. The summed E-state index contributed by atoms with van der Waals surface area (Å²) in [6.07, 6.45) is 0.810. The molecule has 0 aromatic heterocycles. The minimum Gasteiger partial charge on any atom is -0.424 e. The molecule has 0 spiro atoms. The van der Waals surface area contributed by atoms with Gasteiger partial charge in [0.1, 0.15) is 11.4 Å². The van der Waals surface area contributed by atoms with Gasteiger partial charge in [0.25, 0.3) is 0 Å². The summed E-state index contributed by atoms with van der Waals surface area (Å²) < 4.78 is 9.95. The summed E-state index contributed by atoms with van der Waals surface area (Å²) in [5, 5.41) is 0. The monoisotopic (exact) mass is 206 g/mol. The molecule has 0 heterocycles. The fourth-order valence-corrected chi connectivity index (χ4v) is 0.862. The van der Waals surface area contributed by atoms with Crippen LogP contribution in [0.5, 0.6) is 5.75 Å². The zero-order chi connectivity index (χ0) is 11.3. The van der Waals surface area contributed by atoms with Crippen molar-refractivity contribution < 1.29 is 14.3 Å². The van der Waals surface area contributed by atoms with Crippen molar-refractivity contribution in [1.29, 1.82) is 0 Å². The third-order valence-corrected chi connectivity index (χ3v) is 1.78. The quantitative estimate of drug-likeness (QED) is 0.433. The van der Waals surface area contributed by atoms with Crippen LogP contribution >= 0.6 is 0 Å². The van der Waals surface area contributed by atoms with E-state index in [2.05, 4.69) is 6.58 Å². The van der Waals surface area contributed by atoms with Crippen molar-refractivity contribution in [3.05, 3.63) is 43.0 Å². The Morgan fingerprint density at radius 1 is 1.33 bits per heavy atom. The van der Waals surface area contributed by atoms with Gasteiger partial charge in [-0.3, -0.25) is 0 Å². The molecule has 1 aromatic carbocycles. The van der Waals surface area contributed by atoms with Crippen molar-refractivity contribution >= 4 is 6.16 Å². The van der Waals surface area contributed by atoms with Gasteiger partial charge in [0.2, 0.25) is 0 Å². The van der Waals surface area contributed by atoms with E-state index in [1.165, 1.54) is 0 Å². The van der Waals surface area contributed by atoms with Gasteiger partial charge >= 0.3 is 6.16 Å². The molecule has 0 aliphatic rings. The number of carbonyl (C=O) groups is 1. The zero-order valence-electron chi connectivity index (χ0n) is 8.90. The van der Waals surface area contributed by atoms with E-state index in [9.17, 15) is 4.79 Å². The third kappa shape index (κ3) is 3.85. The largest absolute Gasteiger partial charge is 0.514 e. The molecule has 0 saturated heterocycles. The van der Waals surface area contributed by atoms with E-state index in [1.54, 1.807) is 44.2 Å². The molecule has 3 heteroatoms. The van der Waals surface area contributed by atoms with Gasteiger partial charge in [-0.1, -0.05) is 24.8 Å². The van der Waals surface area contributed by atoms with Crippen molar-refractivity contribution in [3.63, 3.8) is 0 Å². The maximum atomic E-state index is 11.3. The van der Waals surface area contributed by atoms with Gasteiger partial charge in [-0.05, 0) is 32.1 Å². The van der Waals surface area contributed by atoms with Crippen LogP contribution in [0.3, 0.4) is 0 Å². The van der Waals surface area contributed by atoms with Crippen LogP contribution in [0.15, 0.2) is 43.0 Å². The number of carbonyl (C=O) groups excluding carboxylic acids is 1. The Morgan fingerprint density at radius 2 is 1.93 bits per heavy atom. The second-order valence-corrected chi connectivity index (χ2v) is 3.57. The average Bonchev–Trinajstić information content (AvgIpc) is 2.18. The molecule has 0 radical (unpaired) electrons. The standard InChI is InChI=1S/C12H14O3/c1-4-12(2,3)15-11(13)14-10-8-6-5-7-9-10/h4-9H,1H2,2-3H3. The van der Waals surface area contributed by atoms with Gasteiger partial charge < -0.3 is 9.47 Å². The molecule has 0 fully saturated rings. The van der Waals surface area contributed by atoms with Crippen LogP contribution in [0.2, 0.25) is 0 Å². The van der Waals surface area contributed by atoms with Crippen LogP contribution in [0, 0.1) is 0 Å². The maximum absolute atomic E-state index is 11.3. The average molecular weight is 206 g/mol. The van der Waals surface area contributed by atoms with Gasteiger partial charge in [-0.2, -0.15) is 0 Å². The smallest absolute Gasteiger partial charge is 0.424 e. The lowest BCUT2D eigenvalue weighted by Gasteiger charge is -2.19. The van der Waals surface area contributed by atoms with Gasteiger partial charge in [0.05, 0.1) is 0 Å². The summed E-state index contributed by atoms with van der Waals surface area (Å²) in [4.78, 5) is 11.3. The molecule has 1 rings (SSSR count). The Labute approximate surface area is 89.3 Å². The molecule has 0 aliphatic heterocycles. The maximum Gasteiger partial charge on any atom is 0.514 e. The molecular formula is C12H14O3. The van der Waals surface area contributed by atoms with Crippen LogP contribution < -0.4 is 4.74 Å². The highest BCUT2D eigenvalue weighted by Crippen LogP contribution is 2.14. The first-order valence-electron chi connectivity index (χ1n) is 4.63. The van der Waals surface area contributed by atoms with Crippen molar-refractivity contribution in [2.24, 2.45) is 0 Å². The highest BCUT2D eigenvalue weighted by Gasteiger charge is 2.19. The number of rotatable bonds is 3. The van der Waals surface area contributed by atoms with E-state index in [4.69, 9.17) is 9.47 Å². The number of benzene rings is 1. The number of para-hydroxylation sites is 1. The highest BCUT2D eigenvalue weighted by molar-refractivity contribution is 5.64. The number of ether oxygens (including phenoxy) is 2. The normalized spacial score (nSPS) is 10.5. The predicted molar refractivity (Wildman–Crippen MR) is 57.8 cm³/mol. The third-order valence-electron chi connectivity index (χ3n) is 1.78. The molecule has 0 saturated carbocycles. The minimum atomic E-state index is -0.730. The molecule has 0 unspecified atom stereocenters. The Kier molecular flexibility index (Phi) is 3.50. The first-order valence-corrected chi connectivity index (χ1v) is 4.63. The molecule has 3 nitrogen and oxygen atoms in total. The Hall–Kier alpha value is -1.77. The Bertz CT molecular complexity index is 341. The van der Waals surface area contributed by atoms with Crippen molar-refractivity contribution in [3.8, 4) is 5.75 Å². The SMILES string of the molecule is C=CC(C)(C)OC(=O)Oc1ccccc1. The van der Waals surface area contributed by atoms with Crippen molar-refractivity contribution in [1.82, 2.24) is 0 Å². The summed E-state index contributed by atoms with van der Waals surface area (Å²) >= 11 is 0. The summed E-state index contributed by atoms with van der Waals surface area (Å²) in [6, 6.07) is 8.76. The fraction of sp³-hybridized carbons (Fsp3) is 0.250. The van der Waals surface area contributed by atoms with Crippen LogP contribution in [0.25, 0.3) is 0 Å². The van der Waals surface area contributed by atoms with Crippen LogP contribution in [0.4, 0.5) is 4.79 Å². The van der Waals surface area contributed by atoms with E-state index in [1.807, 2.05) is 6.07 Å². The van der Waals surface area contributed by atoms with Crippen LogP contribution in [0.1, 0.15) is 13.8 Å². The topological polar surface area (TPSA) is 35.5 Å². The predicted octanol–water partition coefficient (Wildman–Crippen LogP) is 3.17. The van der Waals surface area contributed by atoms with E-state index in [0.29, 0.717) is 5.75 Å². The number of hydrogen-bond acceptors (Lipinski definition) is 3. The zero-order valence-corrected chi connectivity index (χ0v) is 8.90. The fourth-order valence-electron chi connectivity index (χ4n) is 0.862. The van der Waals surface area contributed by atoms with Crippen LogP contribution in [-0.2, 0) is 4.74 Å². The molecule has 0 amide bonds. The lowest BCUT2D eigenvalue weighted by molar-refractivity contribution is 0.0369. The molecule has 1 aromatic rings. The van der Waals surface area contributed by atoms with Gasteiger partial charge in [0, 0.05) is 0 Å². The highest BCUT2D eigenvalue weighted by atomic mass is 16.7. The summed E-state index contributed by atoms with van der Waals surface area (Å²) in [6.45, 7) is 7.02. The molecule has 80 valence electrons. The number of hydrogen-bond donors (Lipinski definition) is 0. The molecule has 0 atom stereocenters. The first-order chi connectivity index (χ1) is 7.03. The molecular weight excluding hydrogens is 192 g/mol. The molecule has 0 N–H and O–H groups in total. The Balaban J connectivity index is 2.54. The van der Waals surface area contributed by atoms with Gasteiger partial charge in [0.15, 0.2) is 0 Å². The lowest BCUT2D eigenvalue weighted by atomic mass is 10.1. The van der Waals surface area contributed by atoms with Crippen molar-refractivity contribution in [2.45, 2.75) is 19.4 Å². The van der Waals surface area contributed by atoms with E-state index in [0.717, 1.165) is 0 Å². The summed E-state index contributed by atoms with van der Waals surface area (Å²) in [5.41, 5.74) is -0.716. The molecule has 0 aliphatic carbocycles. The second kappa shape index (κ2) is 4.64. The van der Waals surface area contributed by atoms with E-state index >= 15 is 0 Å². The van der Waals surface area contributed by atoms with E-state index in [-0.39, 0.29) is 0 Å². The molecule has 15 heavy (non-hydrogen) atoms. The van der Waals surface area contributed by atoms with Gasteiger partial charge in [-0.15, -0.1) is 0 Å². The van der Waals surface area contributed by atoms with E-state index < -0.39 is 11.8 Å². The summed E-state index contributed by atoms with van der Waals surface area (Å²) in [7, 11) is 0. The Morgan fingerprint density at radius 3 is 2.47 bits per heavy atom. The lowest BCUT2D eigenvalue weighted by Crippen LogP contribution is -2.27. The van der Waals surface area contributed by atoms with Gasteiger partial charge in [-0.25, -0.2) is 4.79 Å². The minimum absolute atomic E-state index is 0.461. The molecule has 0 bridgehead atoms. The second-order valence-electron chi connectivity index (χ2n) is 3.57.